The molecule has 0 atom stereocenters. The van der Waals surface area contributed by atoms with Crippen LogP contribution in [0.5, 0.6) is 0 Å². The smallest absolute Gasteiger partial charge is 0.0663 e. The Morgan fingerprint density at radius 3 is 2.31 bits per heavy atom. The maximum Gasteiger partial charge on any atom is 0.0663 e. The minimum atomic E-state index is 0.541. The van der Waals surface area contributed by atoms with Gasteiger partial charge in [-0.3, -0.25) is 4.99 Å². The van der Waals surface area contributed by atoms with Crippen LogP contribution in [0.25, 0.3) is 0 Å². The molecule has 70 valence electrons. The second kappa shape index (κ2) is 4.22. The summed E-state index contributed by atoms with van der Waals surface area (Å²) in [5.41, 5.74) is 3.54. The third kappa shape index (κ3) is 2.69. The lowest BCUT2D eigenvalue weighted by Gasteiger charge is -2.08. The molecular weight excluding hydrogens is 158 g/mol. The van der Waals surface area contributed by atoms with Crippen molar-refractivity contribution in [2.24, 2.45) is 4.99 Å². The molecule has 0 fully saturated rings. The van der Waals surface area contributed by atoms with Gasteiger partial charge >= 0.3 is 0 Å². The molecule has 0 saturated heterocycles. The number of benzene rings is 1. The van der Waals surface area contributed by atoms with Crippen molar-refractivity contribution in [3.8, 4) is 0 Å². The van der Waals surface area contributed by atoms with Gasteiger partial charge in [-0.05, 0) is 31.4 Å². The van der Waals surface area contributed by atoms with E-state index < -0.39 is 0 Å². The molecule has 1 rings (SSSR count). The zero-order valence-electron chi connectivity index (χ0n) is 8.83. The molecule has 0 saturated carbocycles. The third-order valence-electron chi connectivity index (χ3n) is 1.90. The largest absolute Gasteiger partial charge is 0.258 e. The summed E-state index contributed by atoms with van der Waals surface area (Å²) in [6.07, 6.45) is 0. The first-order valence-corrected chi connectivity index (χ1v) is 4.72. The van der Waals surface area contributed by atoms with Gasteiger partial charge in [0.15, 0.2) is 0 Å². The molecule has 0 amide bonds. The van der Waals surface area contributed by atoms with Crippen molar-refractivity contribution in [2.75, 3.05) is 0 Å². The fourth-order valence-corrected chi connectivity index (χ4v) is 1.32. The molecule has 0 aliphatic rings. The van der Waals surface area contributed by atoms with Gasteiger partial charge in [0, 0.05) is 5.71 Å². The molecule has 0 radical (unpaired) electrons. The summed E-state index contributed by atoms with van der Waals surface area (Å²) >= 11 is 0. The molecule has 0 heterocycles. The van der Waals surface area contributed by atoms with Crippen molar-refractivity contribution in [1.29, 1.82) is 0 Å². The van der Waals surface area contributed by atoms with Gasteiger partial charge in [-0.1, -0.05) is 32.0 Å². The van der Waals surface area contributed by atoms with Gasteiger partial charge in [-0.2, -0.15) is 0 Å². The molecule has 13 heavy (non-hydrogen) atoms. The van der Waals surface area contributed by atoms with Crippen LogP contribution >= 0.6 is 0 Å². The molecule has 1 aromatic carbocycles. The van der Waals surface area contributed by atoms with Crippen LogP contribution in [0.2, 0.25) is 0 Å². The Morgan fingerprint density at radius 2 is 1.77 bits per heavy atom. The first kappa shape index (κ1) is 9.97. The Morgan fingerprint density at radius 1 is 1.15 bits per heavy atom. The van der Waals surface area contributed by atoms with E-state index in [2.05, 4.69) is 37.0 Å². The maximum absolute atomic E-state index is 4.50. The van der Waals surface area contributed by atoms with E-state index in [4.69, 9.17) is 0 Å². The molecular formula is C12H17N. The fraction of sp³-hybridized carbons (Fsp3) is 0.417. The Kier molecular flexibility index (Phi) is 3.24. The van der Waals surface area contributed by atoms with Gasteiger partial charge < -0.3 is 0 Å². The van der Waals surface area contributed by atoms with Gasteiger partial charge in [-0.15, -0.1) is 0 Å². The van der Waals surface area contributed by atoms with Crippen molar-refractivity contribution < 1.29 is 0 Å². The second-order valence-corrected chi connectivity index (χ2v) is 3.77. The van der Waals surface area contributed by atoms with Crippen LogP contribution in [0.15, 0.2) is 29.3 Å². The van der Waals surface area contributed by atoms with Crippen molar-refractivity contribution in [3.05, 3.63) is 29.8 Å². The van der Waals surface area contributed by atoms with Gasteiger partial charge in [0.2, 0.25) is 0 Å². The molecule has 0 unspecified atom stereocenters. The van der Waals surface area contributed by atoms with Crippen LogP contribution in [-0.2, 0) is 0 Å². The van der Waals surface area contributed by atoms with E-state index in [1.54, 1.807) is 0 Å². The standard InChI is InChI=1S/C12H17N/c1-9(2)11-7-5-6-8-12(11)13-10(3)4/h5-9H,1-4H3. The number of nitrogens with zero attached hydrogens (tertiary/aromatic N) is 1. The zero-order valence-corrected chi connectivity index (χ0v) is 8.83. The summed E-state index contributed by atoms with van der Waals surface area (Å²) in [6, 6.07) is 8.32. The third-order valence-corrected chi connectivity index (χ3v) is 1.90. The topological polar surface area (TPSA) is 12.4 Å². The minimum absolute atomic E-state index is 0.541. The lowest BCUT2D eigenvalue weighted by Crippen LogP contribution is -1.88. The summed E-state index contributed by atoms with van der Waals surface area (Å²) in [4.78, 5) is 4.50. The van der Waals surface area contributed by atoms with Gasteiger partial charge in [-0.25, -0.2) is 0 Å². The van der Waals surface area contributed by atoms with Crippen LogP contribution in [-0.4, -0.2) is 5.71 Å². The average Bonchev–Trinajstić information content (AvgIpc) is 2.03. The summed E-state index contributed by atoms with van der Waals surface area (Å²) < 4.78 is 0. The predicted octanol–water partition coefficient (Wildman–Crippen LogP) is 3.92. The molecule has 0 aromatic heterocycles. The highest BCUT2D eigenvalue weighted by atomic mass is 14.7. The highest BCUT2D eigenvalue weighted by molar-refractivity contribution is 5.82. The molecule has 0 bridgehead atoms. The zero-order chi connectivity index (χ0) is 9.84. The monoisotopic (exact) mass is 175 g/mol. The predicted molar refractivity (Wildman–Crippen MR) is 59.0 cm³/mol. The van der Waals surface area contributed by atoms with Crippen molar-refractivity contribution in [2.45, 2.75) is 33.6 Å². The van der Waals surface area contributed by atoms with E-state index in [1.165, 1.54) is 5.56 Å². The summed E-state index contributed by atoms with van der Waals surface area (Å²) in [5, 5.41) is 0. The summed E-state index contributed by atoms with van der Waals surface area (Å²) in [5.74, 6) is 0.541. The highest BCUT2D eigenvalue weighted by Gasteiger charge is 2.03. The first-order valence-electron chi connectivity index (χ1n) is 4.72. The average molecular weight is 175 g/mol. The van der Waals surface area contributed by atoms with E-state index in [0.717, 1.165) is 11.4 Å². The van der Waals surface area contributed by atoms with E-state index in [-0.39, 0.29) is 0 Å². The summed E-state index contributed by atoms with van der Waals surface area (Å²) in [7, 11) is 0. The number of hydrogen-bond acceptors (Lipinski definition) is 1. The van der Waals surface area contributed by atoms with Gasteiger partial charge in [0.1, 0.15) is 0 Å². The van der Waals surface area contributed by atoms with Gasteiger partial charge in [0.05, 0.1) is 5.69 Å². The Balaban J connectivity index is 3.12. The quantitative estimate of drug-likeness (QED) is 0.604. The van der Waals surface area contributed by atoms with Crippen LogP contribution < -0.4 is 0 Å². The molecule has 0 aliphatic heterocycles. The van der Waals surface area contributed by atoms with Crippen LogP contribution in [0.4, 0.5) is 5.69 Å². The Labute approximate surface area is 80.5 Å². The Bertz CT molecular complexity index is 307. The summed E-state index contributed by atoms with van der Waals surface area (Å²) in [6.45, 7) is 8.44. The molecule has 1 aromatic rings. The van der Waals surface area contributed by atoms with E-state index in [0.29, 0.717) is 5.92 Å². The SMILES string of the molecule is CC(C)=Nc1ccccc1C(C)C. The van der Waals surface area contributed by atoms with E-state index in [9.17, 15) is 0 Å². The molecule has 0 N–H and O–H groups in total. The molecule has 0 aliphatic carbocycles. The maximum atomic E-state index is 4.50. The van der Waals surface area contributed by atoms with Gasteiger partial charge in [0.25, 0.3) is 0 Å². The molecule has 1 heteroatoms. The second-order valence-electron chi connectivity index (χ2n) is 3.77. The fourth-order valence-electron chi connectivity index (χ4n) is 1.32. The Hall–Kier alpha value is -1.11. The number of hydrogen-bond donors (Lipinski definition) is 0. The van der Waals surface area contributed by atoms with E-state index >= 15 is 0 Å². The van der Waals surface area contributed by atoms with Crippen LogP contribution in [0, 0.1) is 0 Å². The first-order chi connectivity index (χ1) is 6.11. The minimum Gasteiger partial charge on any atom is -0.258 e. The number of aliphatic imine (C=N–C) groups is 1. The van der Waals surface area contributed by atoms with Crippen molar-refractivity contribution in [1.82, 2.24) is 0 Å². The van der Waals surface area contributed by atoms with Crippen LogP contribution in [0.1, 0.15) is 39.2 Å². The highest BCUT2D eigenvalue weighted by Crippen LogP contribution is 2.26. The van der Waals surface area contributed by atoms with Crippen molar-refractivity contribution in [3.63, 3.8) is 0 Å². The van der Waals surface area contributed by atoms with E-state index in [1.807, 2.05) is 19.9 Å². The normalized spacial score (nSPS) is 10.2. The lowest BCUT2D eigenvalue weighted by atomic mass is 10.0. The number of rotatable bonds is 2. The van der Waals surface area contributed by atoms with Crippen LogP contribution in [0.3, 0.4) is 0 Å². The lowest BCUT2D eigenvalue weighted by molar-refractivity contribution is 0.867. The molecule has 0 spiro atoms. The van der Waals surface area contributed by atoms with Crippen molar-refractivity contribution >= 4 is 11.4 Å². The molecule has 1 nitrogen and oxygen atoms in total. The number of para-hydroxylation sites is 1.